The number of nitrogens with zero attached hydrogens (tertiary/aromatic N) is 2. The topological polar surface area (TPSA) is 64.9 Å². The van der Waals surface area contributed by atoms with Crippen LogP contribution in [0.1, 0.15) is 22.8 Å². The highest BCUT2D eigenvalue weighted by Gasteiger charge is 2.30. The van der Waals surface area contributed by atoms with Crippen LogP contribution in [0.25, 0.3) is 0 Å². The molecule has 0 aliphatic rings. The fraction of sp³-hybridized carbons (Fsp3) is 0.333. The van der Waals surface area contributed by atoms with E-state index in [2.05, 4.69) is 10.1 Å². The summed E-state index contributed by atoms with van der Waals surface area (Å²) in [5.74, 6) is 0.743. The number of nitrogens with two attached hydrogens (primary N) is 1. The second-order valence-corrected chi connectivity index (χ2v) is 4.02. The first-order chi connectivity index (χ1) is 8.99. The lowest BCUT2D eigenvalue weighted by atomic mass is 10.1. The van der Waals surface area contributed by atoms with E-state index in [-0.39, 0.29) is 12.3 Å². The number of aromatic nitrogens is 2. The van der Waals surface area contributed by atoms with E-state index in [9.17, 15) is 13.2 Å². The van der Waals surface area contributed by atoms with Crippen LogP contribution >= 0.6 is 0 Å². The van der Waals surface area contributed by atoms with Gasteiger partial charge in [0.1, 0.15) is 0 Å². The highest BCUT2D eigenvalue weighted by atomic mass is 19.4. The molecule has 19 heavy (non-hydrogen) atoms. The Hall–Kier alpha value is -1.89. The summed E-state index contributed by atoms with van der Waals surface area (Å²) in [5.41, 5.74) is 5.13. The molecule has 1 aromatic heterocycles. The van der Waals surface area contributed by atoms with Gasteiger partial charge in [-0.1, -0.05) is 23.4 Å². The molecule has 4 nitrogen and oxygen atoms in total. The molecule has 1 aromatic carbocycles. The average molecular weight is 271 g/mol. The first kappa shape index (κ1) is 13.5. The van der Waals surface area contributed by atoms with Crippen LogP contribution in [0.3, 0.4) is 0 Å². The van der Waals surface area contributed by atoms with Crippen molar-refractivity contribution < 1.29 is 17.7 Å². The molecule has 0 spiro atoms. The van der Waals surface area contributed by atoms with Crippen LogP contribution in [0, 0.1) is 0 Å². The van der Waals surface area contributed by atoms with Gasteiger partial charge in [-0.05, 0) is 18.2 Å². The van der Waals surface area contributed by atoms with Gasteiger partial charge in [0.2, 0.25) is 5.89 Å². The van der Waals surface area contributed by atoms with Crippen LogP contribution in [0.5, 0.6) is 0 Å². The molecule has 102 valence electrons. The van der Waals surface area contributed by atoms with Crippen molar-refractivity contribution in [2.75, 3.05) is 6.54 Å². The Kier molecular flexibility index (Phi) is 3.84. The molecule has 1 heterocycles. The standard InChI is InChI=1S/C12H12F3N3O/c13-12(14,15)9-3-1-2-8(6-9)7-11-17-10(4-5-16)18-19-11/h1-3,6H,4-5,7,16H2. The van der Waals surface area contributed by atoms with Gasteiger partial charge in [-0.15, -0.1) is 0 Å². The Labute approximate surface area is 107 Å². The predicted molar refractivity (Wildman–Crippen MR) is 61.3 cm³/mol. The average Bonchev–Trinajstić information content (AvgIpc) is 2.76. The number of halogens is 3. The molecule has 0 saturated heterocycles. The van der Waals surface area contributed by atoms with Crippen molar-refractivity contribution in [1.82, 2.24) is 10.1 Å². The van der Waals surface area contributed by atoms with Crippen LogP contribution < -0.4 is 5.73 Å². The summed E-state index contributed by atoms with van der Waals surface area (Å²) in [7, 11) is 0. The number of hydrogen-bond acceptors (Lipinski definition) is 4. The third-order valence-electron chi connectivity index (χ3n) is 2.49. The molecule has 0 radical (unpaired) electrons. The lowest BCUT2D eigenvalue weighted by Gasteiger charge is -2.07. The van der Waals surface area contributed by atoms with Crippen molar-refractivity contribution in [3.05, 3.63) is 47.1 Å². The minimum absolute atomic E-state index is 0.168. The van der Waals surface area contributed by atoms with Gasteiger partial charge in [0.15, 0.2) is 5.82 Å². The molecule has 2 rings (SSSR count). The Morgan fingerprint density at radius 3 is 2.74 bits per heavy atom. The second kappa shape index (κ2) is 5.40. The van der Waals surface area contributed by atoms with E-state index < -0.39 is 11.7 Å². The van der Waals surface area contributed by atoms with Crippen LogP contribution in [0.2, 0.25) is 0 Å². The van der Waals surface area contributed by atoms with Crippen molar-refractivity contribution in [1.29, 1.82) is 0 Å². The second-order valence-electron chi connectivity index (χ2n) is 4.02. The van der Waals surface area contributed by atoms with E-state index in [1.165, 1.54) is 6.07 Å². The first-order valence-electron chi connectivity index (χ1n) is 5.66. The fourth-order valence-corrected chi connectivity index (χ4v) is 1.62. The van der Waals surface area contributed by atoms with Gasteiger partial charge in [0.05, 0.1) is 12.0 Å². The third-order valence-corrected chi connectivity index (χ3v) is 2.49. The van der Waals surface area contributed by atoms with Gasteiger partial charge in [0, 0.05) is 6.42 Å². The van der Waals surface area contributed by atoms with Crippen molar-refractivity contribution in [2.24, 2.45) is 5.73 Å². The normalized spacial score (nSPS) is 11.8. The largest absolute Gasteiger partial charge is 0.416 e. The van der Waals surface area contributed by atoms with E-state index in [1.54, 1.807) is 6.07 Å². The molecule has 0 fully saturated rings. The van der Waals surface area contributed by atoms with E-state index >= 15 is 0 Å². The SMILES string of the molecule is NCCc1noc(Cc2cccc(C(F)(F)F)c2)n1. The molecular formula is C12H12F3N3O. The van der Waals surface area contributed by atoms with Gasteiger partial charge in [-0.3, -0.25) is 0 Å². The van der Waals surface area contributed by atoms with Crippen LogP contribution in [0.4, 0.5) is 13.2 Å². The van der Waals surface area contributed by atoms with Gasteiger partial charge < -0.3 is 10.3 Å². The van der Waals surface area contributed by atoms with Crippen LogP contribution in [0.15, 0.2) is 28.8 Å². The molecule has 0 aliphatic carbocycles. The zero-order valence-electron chi connectivity index (χ0n) is 9.94. The van der Waals surface area contributed by atoms with Crippen molar-refractivity contribution in [3.8, 4) is 0 Å². The number of hydrogen-bond donors (Lipinski definition) is 1. The Morgan fingerprint density at radius 1 is 1.26 bits per heavy atom. The van der Waals surface area contributed by atoms with E-state index in [0.717, 1.165) is 12.1 Å². The smallest absolute Gasteiger partial charge is 0.339 e. The Balaban J connectivity index is 2.14. The van der Waals surface area contributed by atoms with E-state index in [4.69, 9.17) is 10.3 Å². The maximum Gasteiger partial charge on any atom is 0.416 e. The molecule has 0 unspecified atom stereocenters. The lowest BCUT2D eigenvalue weighted by Crippen LogP contribution is -2.05. The van der Waals surface area contributed by atoms with Crippen LogP contribution in [-0.4, -0.2) is 16.7 Å². The van der Waals surface area contributed by atoms with Crippen molar-refractivity contribution in [3.63, 3.8) is 0 Å². The molecule has 7 heteroatoms. The van der Waals surface area contributed by atoms with Crippen molar-refractivity contribution in [2.45, 2.75) is 19.0 Å². The summed E-state index contributed by atoms with van der Waals surface area (Å²) in [6, 6.07) is 5.04. The summed E-state index contributed by atoms with van der Waals surface area (Å²) in [6.45, 7) is 0.391. The molecule has 0 aliphatic heterocycles. The summed E-state index contributed by atoms with van der Waals surface area (Å²) in [5, 5.41) is 3.68. The molecular weight excluding hydrogens is 259 g/mol. The van der Waals surface area contributed by atoms with Crippen molar-refractivity contribution >= 4 is 0 Å². The molecule has 0 bridgehead atoms. The van der Waals surface area contributed by atoms with Gasteiger partial charge in [0.25, 0.3) is 0 Å². The molecule has 2 N–H and O–H groups in total. The fourth-order valence-electron chi connectivity index (χ4n) is 1.62. The maximum atomic E-state index is 12.5. The third kappa shape index (κ3) is 3.54. The Morgan fingerprint density at radius 2 is 2.05 bits per heavy atom. The van der Waals surface area contributed by atoms with Gasteiger partial charge in [-0.25, -0.2) is 0 Å². The quantitative estimate of drug-likeness (QED) is 0.925. The molecule has 0 atom stereocenters. The summed E-state index contributed by atoms with van der Waals surface area (Å²) in [6.07, 6.45) is -3.71. The van der Waals surface area contributed by atoms with E-state index in [0.29, 0.717) is 24.4 Å². The molecule has 2 aromatic rings. The predicted octanol–water partition coefficient (Wildman–Crippen LogP) is 2.18. The monoisotopic (exact) mass is 271 g/mol. The van der Waals surface area contributed by atoms with Gasteiger partial charge in [-0.2, -0.15) is 18.2 Å². The zero-order chi connectivity index (χ0) is 13.9. The number of rotatable bonds is 4. The molecule has 0 amide bonds. The molecule has 0 saturated carbocycles. The summed E-state index contributed by atoms with van der Waals surface area (Å²) < 4.78 is 42.6. The highest BCUT2D eigenvalue weighted by molar-refractivity contribution is 5.27. The number of alkyl halides is 3. The summed E-state index contributed by atoms with van der Waals surface area (Å²) >= 11 is 0. The highest BCUT2D eigenvalue weighted by Crippen LogP contribution is 2.29. The van der Waals surface area contributed by atoms with Gasteiger partial charge >= 0.3 is 6.18 Å². The maximum absolute atomic E-state index is 12.5. The Bertz CT molecular complexity index is 551. The zero-order valence-corrected chi connectivity index (χ0v) is 9.94. The number of benzene rings is 1. The van der Waals surface area contributed by atoms with Crippen LogP contribution in [-0.2, 0) is 19.0 Å². The minimum Gasteiger partial charge on any atom is -0.339 e. The lowest BCUT2D eigenvalue weighted by molar-refractivity contribution is -0.137. The summed E-state index contributed by atoms with van der Waals surface area (Å²) in [4.78, 5) is 4.05. The minimum atomic E-state index is -4.35. The first-order valence-corrected chi connectivity index (χ1v) is 5.66. The van der Waals surface area contributed by atoms with E-state index in [1.807, 2.05) is 0 Å².